The van der Waals surface area contributed by atoms with Crippen molar-refractivity contribution in [3.63, 3.8) is 0 Å². The lowest BCUT2D eigenvalue weighted by atomic mass is 10.1. The van der Waals surface area contributed by atoms with Gasteiger partial charge in [0.05, 0.1) is 30.1 Å². The number of methoxy groups -OCH3 is 1. The molecule has 2 N–H and O–H groups in total. The Hall–Kier alpha value is -3.05. The minimum Gasteiger partial charge on any atom is -0.496 e. The van der Waals surface area contributed by atoms with Crippen molar-refractivity contribution in [2.45, 2.75) is 0 Å². The SMILES string of the molecule is COc1cc(NS(=O)O)ccc1C(=O)N1CCN(C(=O)c2ccncc2F)CC1. The first kappa shape index (κ1) is 20.7. The summed E-state index contributed by atoms with van der Waals surface area (Å²) in [5, 5.41) is 0. The number of hydrogen-bond donors (Lipinski definition) is 2. The molecule has 11 heteroatoms. The van der Waals surface area contributed by atoms with Gasteiger partial charge in [0, 0.05) is 38.4 Å². The first-order valence-electron chi connectivity index (χ1n) is 8.64. The number of pyridine rings is 1. The second-order valence-corrected chi connectivity index (χ2v) is 6.91. The zero-order valence-electron chi connectivity index (χ0n) is 15.5. The molecule has 1 unspecified atom stereocenters. The molecule has 0 bridgehead atoms. The van der Waals surface area contributed by atoms with E-state index in [4.69, 9.17) is 9.29 Å². The molecule has 29 heavy (non-hydrogen) atoms. The van der Waals surface area contributed by atoms with Crippen LogP contribution in [0.25, 0.3) is 0 Å². The van der Waals surface area contributed by atoms with Crippen LogP contribution in [0.2, 0.25) is 0 Å². The maximum Gasteiger partial charge on any atom is 0.259 e. The quantitative estimate of drug-likeness (QED) is 0.704. The van der Waals surface area contributed by atoms with Gasteiger partial charge in [-0.05, 0) is 18.2 Å². The number of piperazine rings is 1. The molecule has 1 aromatic heterocycles. The molecule has 1 aromatic carbocycles. The number of ether oxygens (including phenoxy) is 1. The van der Waals surface area contributed by atoms with Gasteiger partial charge in [-0.1, -0.05) is 0 Å². The minimum absolute atomic E-state index is 0.0502. The molecule has 2 heterocycles. The van der Waals surface area contributed by atoms with Gasteiger partial charge >= 0.3 is 0 Å². The molecule has 1 fully saturated rings. The Morgan fingerprint density at radius 2 is 1.76 bits per heavy atom. The van der Waals surface area contributed by atoms with Crippen molar-refractivity contribution < 1.29 is 27.5 Å². The van der Waals surface area contributed by atoms with Crippen LogP contribution in [-0.2, 0) is 11.3 Å². The van der Waals surface area contributed by atoms with Crippen molar-refractivity contribution in [3.8, 4) is 5.75 Å². The highest BCUT2D eigenvalue weighted by Crippen LogP contribution is 2.25. The summed E-state index contributed by atoms with van der Waals surface area (Å²) in [5.74, 6) is -1.16. The van der Waals surface area contributed by atoms with E-state index in [1.165, 1.54) is 42.5 Å². The fourth-order valence-electron chi connectivity index (χ4n) is 3.03. The van der Waals surface area contributed by atoms with E-state index in [9.17, 15) is 18.2 Å². The van der Waals surface area contributed by atoms with E-state index in [1.807, 2.05) is 0 Å². The Labute approximate surface area is 168 Å². The molecule has 1 saturated heterocycles. The number of hydrogen-bond acceptors (Lipinski definition) is 5. The number of carbonyl (C=O) groups excluding carboxylic acids is 2. The van der Waals surface area contributed by atoms with E-state index in [1.54, 1.807) is 4.90 Å². The smallest absolute Gasteiger partial charge is 0.259 e. The Kier molecular flexibility index (Phi) is 6.39. The Morgan fingerprint density at radius 3 is 2.31 bits per heavy atom. The van der Waals surface area contributed by atoms with E-state index >= 15 is 0 Å². The summed E-state index contributed by atoms with van der Waals surface area (Å²) in [4.78, 5) is 32.0. The van der Waals surface area contributed by atoms with Crippen LogP contribution < -0.4 is 9.46 Å². The van der Waals surface area contributed by atoms with Crippen molar-refractivity contribution in [1.29, 1.82) is 0 Å². The predicted octanol–water partition coefficient (Wildman–Crippen LogP) is 1.38. The van der Waals surface area contributed by atoms with Gasteiger partial charge in [-0.2, -0.15) is 0 Å². The number of amides is 2. The maximum absolute atomic E-state index is 13.8. The molecular weight excluding hydrogens is 403 g/mol. The van der Waals surface area contributed by atoms with E-state index in [2.05, 4.69) is 9.71 Å². The third-order valence-corrected chi connectivity index (χ3v) is 4.90. The highest BCUT2D eigenvalue weighted by atomic mass is 32.2. The van der Waals surface area contributed by atoms with Crippen molar-refractivity contribution in [3.05, 3.63) is 53.6 Å². The number of carbonyl (C=O) groups is 2. The van der Waals surface area contributed by atoms with E-state index in [-0.39, 0.29) is 43.4 Å². The summed E-state index contributed by atoms with van der Waals surface area (Å²) in [6.45, 7) is 1.08. The standard InChI is InChI=1S/C18H19FN4O5S/c1-28-16-10-12(21-29(26)27)2-3-14(16)18(25)23-8-6-22(7-9-23)17(24)13-4-5-20-11-15(13)19/h2-5,10-11,21H,6-9H2,1H3,(H,26,27). The summed E-state index contributed by atoms with van der Waals surface area (Å²) in [6.07, 6.45) is 2.34. The lowest BCUT2D eigenvalue weighted by Gasteiger charge is -2.35. The number of benzene rings is 1. The van der Waals surface area contributed by atoms with E-state index in [0.717, 1.165) is 6.20 Å². The third-order valence-electron chi connectivity index (χ3n) is 4.49. The second-order valence-electron chi connectivity index (χ2n) is 6.21. The number of nitrogens with one attached hydrogen (secondary N) is 1. The minimum atomic E-state index is -2.24. The molecule has 1 aliphatic heterocycles. The zero-order chi connectivity index (χ0) is 21.0. The Morgan fingerprint density at radius 1 is 1.14 bits per heavy atom. The van der Waals surface area contributed by atoms with Crippen LogP contribution in [0.1, 0.15) is 20.7 Å². The van der Waals surface area contributed by atoms with Gasteiger partial charge in [0.25, 0.3) is 23.1 Å². The van der Waals surface area contributed by atoms with Crippen molar-refractivity contribution in [2.24, 2.45) is 0 Å². The monoisotopic (exact) mass is 422 g/mol. The lowest BCUT2D eigenvalue weighted by Crippen LogP contribution is -2.50. The van der Waals surface area contributed by atoms with E-state index in [0.29, 0.717) is 11.3 Å². The van der Waals surface area contributed by atoms with Crippen LogP contribution in [0.5, 0.6) is 5.75 Å². The van der Waals surface area contributed by atoms with Crippen LogP contribution in [0.4, 0.5) is 10.1 Å². The van der Waals surface area contributed by atoms with Gasteiger partial charge in [-0.15, -0.1) is 0 Å². The molecule has 0 saturated carbocycles. The number of halogens is 1. The molecule has 1 atom stereocenters. The normalized spacial score (nSPS) is 15.0. The average molecular weight is 422 g/mol. The lowest BCUT2D eigenvalue weighted by molar-refractivity contribution is 0.0531. The summed E-state index contributed by atoms with van der Waals surface area (Å²) in [7, 11) is 1.39. The number of aromatic nitrogens is 1. The van der Waals surface area contributed by atoms with Gasteiger partial charge in [0.15, 0.2) is 5.82 Å². The fourth-order valence-corrected chi connectivity index (χ4v) is 3.36. The second kappa shape index (κ2) is 8.97. The highest BCUT2D eigenvalue weighted by Gasteiger charge is 2.28. The maximum atomic E-state index is 13.8. The molecule has 2 amide bonds. The van der Waals surface area contributed by atoms with Gasteiger partial charge in [-0.25, -0.2) is 8.60 Å². The fraction of sp³-hybridized carbons (Fsp3) is 0.278. The first-order chi connectivity index (χ1) is 13.9. The molecule has 154 valence electrons. The Bertz CT molecular complexity index is 950. The topological polar surface area (TPSA) is 112 Å². The molecule has 2 aromatic rings. The van der Waals surface area contributed by atoms with Crippen LogP contribution in [0.15, 0.2) is 36.7 Å². The highest BCUT2D eigenvalue weighted by molar-refractivity contribution is 7.80. The Balaban J connectivity index is 1.68. The van der Waals surface area contributed by atoms with Gasteiger partial charge in [-0.3, -0.25) is 23.8 Å². The molecule has 3 rings (SSSR count). The number of nitrogens with zero attached hydrogens (tertiary/aromatic N) is 3. The van der Waals surface area contributed by atoms with E-state index < -0.39 is 23.0 Å². The number of anilines is 1. The predicted molar refractivity (Wildman–Crippen MR) is 103 cm³/mol. The molecule has 0 radical (unpaired) electrons. The van der Waals surface area contributed by atoms with Crippen molar-refractivity contribution in [2.75, 3.05) is 38.0 Å². The summed E-state index contributed by atoms with van der Waals surface area (Å²) >= 11 is -2.24. The molecule has 0 aliphatic carbocycles. The molecule has 1 aliphatic rings. The van der Waals surface area contributed by atoms with Crippen LogP contribution in [0.3, 0.4) is 0 Å². The summed E-state index contributed by atoms with van der Waals surface area (Å²) in [5.41, 5.74) is 0.571. The zero-order valence-corrected chi connectivity index (χ0v) is 16.3. The van der Waals surface area contributed by atoms with Gasteiger partial charge < -0.3 is 14.5 Å². The van der Waals surface area contributed by atoms with Crippen LogP contribution in [0, 0.1) is 5.82 Å². The van der Waals surface area contributed by atoms with Crippen LogP contribution in [-0.4, -0.2) is 68.6 Å². The number of rotatable bonds is 5. The summed E-state index contributed by atoms with van der Waals surface area (Å²) < 4.78 is 41.1. The van der Waals surface area contributed by atoms with Crippen molar-refractivity contribution in [1.82, 2.24) is 14.8 Å². The van der Waals surface area contributed by atoms with Crippen LogP contribution >= 0.6 is 0 Å². The summed E-state index contributed by atoms with van der Waals surface area (Å²) in [6, 6.07) is 5.78. The van der Waals surface area contributed by atoms with Gasteiger partial charge in [0.2, 0.25) is 0 Å². The molecule has 9 nitrogen and oxygen atoms in total. The van der Waals surface area contributed by atoms with Gasteiger partial charge in [0.1, 0.15) is 5.75 Å². The largest absolute Gasteiger partial charge is 0.496 e. The molecular formula is C18H19FN4O5S. The first-order valence-corrected chi connectivity index (χ1v) is 9.75. The average Bonchev–Trinajstić information content (AvgIpc) is 2.72. The molecule has 0 spiro atoms. The van der Waals surface area contributed by atoms with Crippen molar-refractivity contribution >= 4 is 28.8 Å². The third kappa shape index (κ3) is 4.69.